The van der Waals surface area contributed by atoms with Crippen LogP contribution < -0.4 is 5.73 Å². The molecule has 1 saturated heterocycles. The average molecular weight is 261 g/mol. The Morgan fingerprint density at radius 3 is 2.84 bits per heavy atom. The minimum atomic E-state index is 0.732. The molecule has 0 saturated carbocycles. The van der Waals surface area contributed by atoms with Crippen LogP contribution in [0.1, 0.15) is 24.8 Å². The van der Waals surface area contributed by atoms with Crippen LogP contribution >= 0.6 is 0 Å². The molecule has 2 rings (SSSR count). The van der Waals surface area contributed by atoms with Crippen LogP contribution in [0.25, 0.3) is 0 Å². The van der Waals surface area contributed by atoms with Gasteiger partial charge in [0.2, 0.25) is 0 Å². The summed E-state index contributed by atoms with van der Waals surface area (Å²) >= 11 is 0. The van der Waals surface area contributed by atoms with Crippen molar-refractivity contribution in [2.75, 3.05) is 39.5 Å². The molecular weight excluding hydrogens is 234 g/mol. The van der Waals surface area contributed by atoms with Gasteiger partial charge in [-0.2, -0.15) is 0 Å². The van der Waals surface area contributed by atoms with Gasteiger partial charge in [-0.05, 0) is 64.5 Å². The van der Waals surface area contributed by atoms with E-state index in [9.17, 15) is 0 Å². The zero-order valence-electron chi connectivity index (χ0n) is 12.3. The zero-order chi connectivity index (χ0) is 13.7. The largest absolute Gasteiger partial charge is 0.399 e. The lowest BCUT2D eigenvalue weighted by molar-refractivity contribution is 0.132. The Labute approximate surface area is 117 Å². The lowest BCUT2D eigenvalue weighted by Crippen LogP contribution is -2.45. The van der Waals surface area contributed by atoms with Crippen LogP contribution in [0.15, 0.2) is 24.3 Å². The Hall–Kier alpha value is -1.06. The summed E-state index contributed by atoms with van der Waals surface area (Å²) in [6, 6.07) is 8.96. The number of likely N-dealkylation sites (N-methyl/N-ethyl adjacent to an activating group) is 1. The van der Waals surface area contributed by atoms with E-state index in [0.29, 0.717) is 0 Å². The quantitative estimate of drug-likeness (QED) is 0.825. The second-order valence-corrected chi connectivity index (χ2v) is 5.86. The van der Waals surface area contributed by atoms with Crippen molar-refractivity contribution >= 4 is 5.69 Å². The third-order valence-corrected chi connectivity index (χ3v) is 4.19. The molecule has 1 fully saturated rings. The molecule has 0 bridgehead atoms. The number of hydrogen-bond acceptors (Lipinski definition) is 3. The highest BCUT2D eigenvalue weighted by molar-refractivity contribution is 5.46. The van der Waals surface area contributed by atoms with Crippen LogP contribution in [-0.4, -0.2) is 49.6 Å². The predicted molar refractivity (Wildman–Crippen MR) is 82.3 cm³/mol. The molecule has 3 heteroatoms. The SMILES string of the molecule is CN(C)C1CCCN(CCCc2ccccc2N)C1. The number of anilines is 1. The van der Waals surface area contributed by atoms with E-state index in [0.717, 1.165) is 18.2 Å². The van der Waals surface area contributed by atoms with Crippen LogP contribution in [0.3, 0.4) is 0 Å². The normalized spacial score (nSPS) is 20.9. The van der Waals surface area contributed by atoms with Gasteiger partial charge in [0, 0.05) is 18.3 Å². The first-order chi connectivity index (χ1) is 9.16. The summed E-state index contributed by atoms with van der Waals surface area (Å²) in [7, 11) is 4.39. The monoisotopic (exact) mass is 261 g/mol. The highest BCUT2D eigenvalue weighted by Crippen LogP contribution is 2.16. The molecule has 1 aromatic carbocycles. The fraction of sp³-hybridized carbons (Fsp3) is 0.625. The maximum Gasteiger partial charge on any atom is 0.0346 e. The number of nitrogens with two attached hydrogens (primary N) is 1. The maximum absolute atomic E-state index is 5.98. The van der Waals surface area contributed by atoms with Crippen molar-refractivity contribution in [1.82, 2.24) is 9.80 Å². The molecule has 3 nitrogen and oxygen atoms in total. The lowest BCUT2D eigenvalue weighted by Gasteiger charge is -2.36. The first-order valence-corrected chi connectivity index (χ1v) is 7.39. The van der Waals surface area contributed by atoms with Gasteiger partial charge in [0.15, 0.2) is 0 Å². The fourth-order valence-corrected chi connectivity index (χ4v) is 2.91. The third kappa shape index (κ3) is 4.22. The molecule has 0 aliphatic carbocycles. The van der Waals surface area contributed by atoms with Gasteiger partial charge in [-0.1, -0.05) is 18.2 Å². The molecule has 0 aromatic heterocycles. The molecule has 1 atom stereocenters. The van der Waals surface area contributed by atoms with Crippen molar-refractivity contribution in [2.24, 2.45) is 0 Å². The van der Waals surface area contributed by atoms with E-state index < -0.39 is 0 Å². The second kappa shape index (κ2) is 6.92. The molecule has 19 heavy (non-hydrogen) atoms. The Morgan fingerprint density at radius 2 is 2.11 bits per heavy atom. The molecule has 1 aliphatic heterocycles. The van der Waals surface area contributed by atoms with Crippen molar-refractivity contribution in [2.45, 2.75) is 31.7 Å². The van der Waals surface area contributed by atoms with Crippen LogP contribution in [-0.2, 0) is 6.42 Å². The molecule has 0 amide bonds. The van der Waals surface area contributed by atoms with E-state index in [-0.39, 0.29) is 0 Å². The molecule has 0 radical (unpaired) electrons. The van der Waals surface area contributed by atoms with Crippen LogP contribution in [0.5, 0.6) is 0 Å². The van der Waals surface area contributed by atoms with Crippen molar-refractivity contribution in [3.63, 3.8) is 0 Å². The van der Waals surface area contributed by atoms with E-state index in [1.165, 1.54) is 44.5 Å². The van der Waals surface area contributed by atoms with Gasteiger partial charge in [-0.25, -0.2) is 0 Å². The van der Waals surface area contributed by atoms with Crippen molar-refractivity contribution in [3.05, 3.63) is 29.8 Å². The van der Waals surface area contributed by atoms with Crippen molar-refractivity contribution in [3.8, 4) is 0 Å². The van der Waals surface area contributed by atoms with E-state index in [2.05, 4.69) is 36.0 Å². The number of benzene rings is 1. The molecule has 1 aliphatic rings. The summed E-state index contributed by atoms with van der Waals surface area (Å²) in [5.41, 5.74) is 8.21. The molecular formula is C16H27N3. The fourth-order valence-electron chi connectivity index (χ4n) is 2.91. The Kier molecular flexibility index (Phi) is 5.23. The number of aryl methyl sites for hydroxylation is 1. The number of rotatable bonds is 5. The van der Waals surface area contributed by atoms with Gasteiger partial charge in [-0.15, -0.1) is 0 Å². The third-order valence-electron chi connectivity index (χ3n) is 4.19. The van der Waals surface area contributed by atoms with E-state index >= 15 is 0 Å². The number of likely N-dealkylation sites (tertiary alicyclic amines) is 1. The van der Waals surface area contributed by atoms with E-state index in [1.807, 2.05) is 12.1 Å². The molecule has 2 N–H and O–H groups in total. The minimum Gasteiger partial charge on any atom is -0.399 e. The first-order valence-electron chi connectivity index (χ1n) is 7.39. The Balaban J connectivity index is 1.75. The number of para-hydroxylation sites is 1. The van der Waals surface area contributed by atoms with Gasteiger partial charge in [0.1, 0.15) is 0 Å². The summed E-state index contributed by atoms with van der Waals surface area (Å²) in [5.74, 6) is 0. The summed E-state index contributed by atoms with van der Waals surface area (Å²) < 4.78 is 0. The summed E-state index contributed by atoms with van der Waals surface area (Å²) in [5, 5.41) is 0. The highest BCUT2D eigenvalue weighted by atomic mass is 15.2. The second-order valence-electron chi connectivity index (χ2n) is 5.86. The highest BCUT2D eigenvalue weighted by Gasteiger charge is 2.20. The van der Waals surface area contributed by atoms with Gasteiger partial charge in [-0.3, -0.25) is 0 Å². The smallest absolute Gasteiger partial charge is 0.0346 e. The number of nitrogens with zero attached hydrogens (tertiary/aromatic N) is 2. The summed E-state index contributed by atoms with van der Waals surface area (Å²) in [6.45, 7) is 3.67. The van der Waals surface area contributed by atoms with Crippen molar-refractivity contribution < 1.29 is 0 Å². The zero-order valence-corrected chi connectivity index (χ0v) is 12.3. The van der Waals surface area contributed by atoms with Gasteiger partial charge in [0.25, 0.3) is 0 Å². The number of hydrogen-bond donors (Lipinski definition) is 1. The standard InChI is InChI=1S/C16H27N3/c1-18(2)15-9-6-12-19(13-15)11-5-8-14-7-3-4-10-16(14)17/h3-4,7,10,15H,5-6,8-9,11-13,17H2,1-2H3. The molecule has 106 valence electrons. The number of piperidine rings is 1. The predicted octanol–water partition coefficient (Wildman–Crippen LogP) is 2.23. The van der Waals surface area contributed by atoms with Crippen molar-refractivity contribution in [1.29, 1.82) is 0 Å². The summed E-state index contributed by atoms with van der Waals surface area (Å²) in [6.07, 6.45) is 4.97. The Morgan fingerprint density at radius 1 is 1.32 bits per heavy atom. The van der Waals surface area contributed by atoms with Crippen LogP contribution in [0.4, 0.5) is 5.69 Å². The van der Waals surface area contributed by atoms with E-state index in [4.69, 9.17) is 5.73 Å². The Bertz CT molecular complexity index is 389. The summed E-state index contributed by atoms with van der Waals surface area (Å²) in [4.78, 5) is 4.97. The van der Waals surface area contributed by atoms with Gasteiger partial charge >= 0.3 is 0 Å². The average Bonchev–Trinajstić information content (AvgIpc) is 2.41. The van der Waals surface area contributed by atoms with Gasteiger partial charge < -0.3 is 15.5 Å². The lowest BCUT2D eigenvalue weighted by atomic mass is 10.0. The topological polar surface area (TPSA) is 32.5 Å². The minimum absolute atomic E-state index is 0.732. The first kappa shape index (κ1) is 14.4. The molecule has 1 heterocycles. The van der Waals surface area contributed by atoms with Crippen LogP contribution in [0, 0.1) is 0 Å². The van der Waals surface area contributed by atoms with Gasteiger partial charge in [0.05, 0.1) is 0 Å². The number of nitrogen functional groups attached to an aromatic ring is 1. The molecule has 1 aromatic rings. The molecule has 1 unspecified atom stereocenters. The van der Waals surface area contributed by atoms with Crippen LogP contribution in [0.2, 0.25) is 0 Å². The maximum atomic E-state index is 5.98. The molecule has 0 spiro atoms. The van der Waals surface area contributed by atoms with E-state index in [1.54, 1.807) is 0 Å².